The van der Waals surface area contributed by atoms with E-state index < -0.39 is 21.6 Å². The van der Waals surface area contributed by atoms with Crippen LogP contribution in [0.3, 0.4) is 0 Å². The van der Waals surface area contributed by atoms with Gasteiger partial charge in [-0.15, -0.1) is 11.3 Å². The normalized spacial score (nSPS) is 13.6. The molecule has 10 nitrogen and oxygen atoms in total. The van der Waals surface area contributed by atoms with Crippen molar-refractivity contribution in [2.24, 2.45) is 4.99 Å². The lowest BCUT2D eigenvalue weighted by Crippen LogP contribution is -2.33. The minimum atomic E-state index is -4.07. The van der Waals surface area contributed by atoms with Crippen LogP contribution in [0.4, 0.5) is 10.5 Å². The van der Waals surface area contributed by atoms with E-state index in [-0.39, 0.29) is 20.1 Å². The molecule has 5 rings (SSSR count). The molecule has 4 aromatic rings. The minimum Gasteiger partial charge on any atom is -0.494 e. The molecule has 2 aromatic carbocycles. The number of nitrogens with zero attached hydrogens (tertiary/aromatic N) is 3. The Kier molecular flexibility index (Phi) is 6.40. The molecule has 190 valence electrons. The van der Waals surface area contributed by atoms with Crippen molar-refractivity contribution in [1.82, 2.24) is 14.2 Å². The molecule has 0 saturated heterocycles. The van der Waals surface area contributed by atoms with Crippen LogP contribution in [0.1, 0.15) is 5.56 Å². The highest BCUT2D eigenvalue weighted by Gasteiger charge is 2.20. The van der Waals surface area contributed by atoms with Crippen LogP contribution in [-0.4, -0.2) is 55.0 Å². The third-order valence-corrected chi connectivity index (χ3v) is 8.80. The third kappa shape index (κ3) is 4.90. The molecule has 1 aliphatic heterocycles. The zero-order chi connectivity index (χ0) is 26.3. The maximum atomic E-state index is 12.9. The fourth-order valence-corrected chi connectivity index (χ4v) is 6.40. The highest BCUT2D eigenvalue weighted by molar-refractivity contribution is 7.92. The number of amides is 2. The third-order valence-electron chi connectivity index (χ3n) is 5.74. The van der Waals surface area contributed by atoms with Crippen LogP contribution in [0, 0.1) is 0 Å². The molecule has 1 aliphatic rings. The number of rotatable bonds is 5. The number of benzene rings is 2. The van der Waals surface area contributed by atoms with Gasteiger partial charge in [0.25, 0.3) is 15.6 Å². The SMILES string of the molecule is CN1CCN=C1c1ccc2c(O)n(-c3ccc(NC(=O)NS(=O)(=O)c4ccc(Cl)s4)cc3)c(=O)cc2c1. The zero-order valence-electron chi connectivity index (χ0n) is 19.3. The molecule has 37 heavy (non-hydrogen) atoms. The van der Waals surface area contributed by atoms with Crippen molar-refractivity contribution in [1.29, 1.82) is 0 Å². The number of hydrogen-bond acceptors (Lipinski definition) is 8. The van der Waals surface area contributed by atoms with E-state index in [1.807, 2.05) is 28.8 Å². The topological polar surface area (TPSA) is 133 Å². The van der Waals surface area contributed by atoms with Gasteiger partial charge in [0, 0.05) is 36.3 Å². The highest BCUT2D eigenvalue weighted by Crippen LogP contribution is 2.28. The van der Waals surface area contributed by atoms with Crippen molar-refractivity contribution in [3.05, 3.63) is 80.9 Å². The summed E-state index contributed by atoms with van der Waals surface area (Å²) in [5.41, 5.74) is 1.06. The molecule has 2 aromatic heterocycles. The number of hydrogen-bond donors (Lipinski definition) is 3. The van der Waals surface area contributed by atoms with Crippen molar-refractivity contribution in [2.45, 2.75) is 4.21 Å². The standard InChI is InChI=1S/C24H20ClN5O5S2/c1-29-11-10-26-22(29)14-2-7-18-15(12-14)13-20(31)30(23(18)32)17-5-3-16(4-6-17)27-24(33)28-37(34,35)21-9-8-19(25)36-21/h2-9,12-13,32H,10-11H2,1H3,(H2,27,28,33). The second-order valence-electron chi connectivity index (χ2n) is 8.24. The predicted octanol–water partition coefficient (Wildman–Crippen LogP) is 3.61. The van der Waals surface area contributed by atoms with Gasteiger partial charge in [0.05, 0.1) is 16.6 Å². The number of urea groups is 1. The number of halogens is 1. The van der Waals surface area contributed by atoms with Crippen molar-refractivity contribution in [3.63, 3.8) is 0 Å². The van der Waals surface area contributed by atoms with Crippen molar-refractivity contribution >= 4 is 61.3 Å². The van der Waals surface area contributed by atoms with E-state index in [0.717, 1.165) is 33.8 Å². The summed E-state index contributed by atoms with van der Waals surface area (Å²) in [6.45, 7) is 1.54. The minimum absolute atomic E-state index is 0.0930. The molecular weight excluding hydrogens is 538 g/mol. The first-order valence-electron chi connectivity index (χ1n) is 11.0. The number of aromatic nitrogens is 1. The Labute approximate surface area is 220 Å². The highest BCUT2D eigenvalue weighted by atomic mass is 35.5. The molecule has 0 atom stereocenters. The Bertz CT molecular complexity index is 1730. The first-order chi connectivity index (χ1) is 17.6. The molecule has 0 fully saturated rings. The Morgan fingerprint density at radius 2 is 1.86 bits per heavy atom. The van der Waals surface area contributed by atoms with Crippen molar-refractivity contribution in [2.75, 3.05) is 25.5 Å². The molecule has 0 spiro atoms. The molecule has 3 heterocycles. The first-order valence-corrected chi connectivity index (χ1v) is 13.6. The van der Waals surface area contributed by atoms with Gasteiger partial charge in [0.2, 0.25) is 5.88 Å². The maximum absolute atomic E-state index is 12.9. The fraction of sp³-hybridized carbons (Fsp3) is 0.125. The second-order valence-corrected chi connectivity index (χ2v) is 11.9. The van der Waals surface area contributed by atoms with Gasteiger partial charge in [-0.2, -0.15) is 0 Å². The zero-order valence-corrected chi connectivity index (χ0v) is 21.7. The number of carbonyl (C=O) groups is 1. The van der Waals surface area contributed by atoms with Gasteiger partial charge in [-0.1, -0.05) is 17.7 Å². The van der Waals surface area contributed by atoms with Gasteiger partial charge in [-0.05, 0) is 53.9 Å². The lowest BCUT2D eigenvalue weighted by molar-refractivity contribution is 0.256. The lowest BCUT2D eigenvalue weighted by Gasteiger charge is -2.15. The fourth-order valence-electron chi connectivity index (χ4n) is 4.01. The quantitative estimate of drug-likeness (QED) is 0.343. The smallest absolute Gasteiger partial charge is 0.333 e. The maximum Gasteiger partial charge on any atom is 0.333 e. The molecule has 3 N–H and O–H groups in total. The van der Waals surface area contributed by atoms with E-state index in [9.17, 15) is 23.1 Å². The van der Waals surface area contributed by atoms with E-state index in [1.54, 1.807) is 6.07 Å². The number of thiophene rings is 1. The summed E-state index contributed by atoms with van der Waals surface area (Å²) in [4.78, 5) is 31.7. The Morgan fingerprint density at radius 3 is 2.51 bits per heavy atom. The Morgan fingerprint density at radius 1 is 1.11 bits per heavy atom. The summed E-state index contributed by atoms with van der Waals surface area (Å²) in [5.74, 6) is 0.611. The summed E-state index contributed by atoms with van der Waals surface area (Å²) in [7, 11) is -2.12. The monoisotopic (exact) mass is 557 g/mol. The Balaban J connectivity index is 1.37. The largest absolute Gasteiger partial charge is 0.494 e. The number of likely N-dealkylation sites (N-methyl/N-ethyl adjacent to an activating group) is 1. The van der Waals surface area contributed by atoms with Gasteiger partial charge >= 0.3 is 6.03 Å². The summed E-state index contributed by atoms with van der Waals surface area (Å²) >= 11 is 6.59. The number of amidine groups is 1. The van der Waals surface area contributed by atoms with E-state index >= 15 is 0 Å². The number of aliphatic imine (C=N–C) groups is 1. The van der Waals surface area contributed by atoms with Crippen LogP contribution in [0.15, 0.2) is 74.7 Å². The average molecular weight is 558 g/mol. The van der Waals surface area contributed by atoms with E-state index in [2.05, 4.69) is 10.3 Å². The van der Waals surface area contributed by atoms with Gasteiger partial charge < -0.3 is 15.3 Å². The average Bonchev–Trinajstić information content (AvgIpc) is 3.48. The number of nitrogens with one attached hydrogen (secondary N) is 2. The second kappa shape index (κ2) is 9.54. The van der Waals surface area contributed by atoms with Crippen molar-refractivity contribution in [3.8, 4) is 11.6 Å². The van der Waals surface area contributed by atoms with Gasteiger partial charge in [0.1, 0.15) is 10.0 Å². The van der Waals surface area contributed by atoms with Crippen LogP contribution in [-0.2, 0) is 10.0 Å². The number of sulfonamides is 1. The number of anilines is 1. The van der Waals surface area contributed by atoms with E-state index in [4.69, 9.17) is 11.6 Å². The Hall–Kier alpha value is -3.87. The number of aromatic hydroxyl groups is 1. The molecular formula is C24H20ClN5O5S2. The summed E-state index contributed by atoms with van der Waals surface area (Å²) in [6.07, 6.45) is 0. The van der Waals surface area contributed by atoms with E-state index in [0.29, 0.717) is 23.0 Å². The predicted molar refractivity (Wildman–Crippen MR) is 144 cm³/mol. The van der Waals surface area contributed by atoms with Gasteiger partial charge in [0.15, 0.2) is 0 Å². The van der Waals surface area contributed by atoms with Gasteiger partial charge in [-0.25, -0.2) is 22.5 Å². The number of fused-ring (bicyclic) bond motifs is 1. The molecule has 0 unspecified atom stereocenters. The van der Waals surface area contributed by atoms with Crippen LogP contribution < -0.4 is 15.6 Å². The molecule has 13 heteroatoms. The number of pyridine rings is 1. The first kappa shape index (κ1) is 24.8. The van der Waals surface area contributed by atoms with Crippen LogP contribution in [0.2, 0.25) is 4.34 Å². The van der Waals surface area contributed by atoms with E-state index in [1.165, 1.54) is 42.5 Å². The molecule has 0 radical (unpaired) electrons. The summed E-state index contributed by atoms with van der Waals surface area (Å²) < 4.78 is 27.8. The molecule has 0 bridgehead atoms. The van der Waals surface area contributed by atoms with Crippen LogP contribution in [0.25, 0.3) is 16.5 Å². The lowest BCUT2D eigenvalue weighted by atomic mass is 10.1. The summed E-state index contributed by atoms with van der Waals surface area (Å²) in [6, 6.07) is 14.6. The molecule has 2 amide bonds. The summed E-state index contributed by atoms with van der Waals surface area (Å²) in [5, 5.41) is 14.4. The molecule has 0 saturated carbocycles. The van der Waals surface area contributed by atoms with Gasteiger partial charge in [-0.3, -0.25) is 9.79 Å². The van der Waals surface area contributed by atoms with Crippen LogP contribution in [0.5, 0.6) is 5.88 Å². The molecule has 0 aliphatic carbocycles. The number of carbonyl (C=O) groups excluding carboxylic acids is 1. The van der Waals surface area contributed by atoms with Crippen LogP contribution >= 0.6 is 22.9 Å². The van der Waals surface area contributed by atoms with Crippen molar-refractivity contribution < 1.29 is 18.3 Å².